The van der Waals surface area contributed by atoms with Gasteiger partial charge in [0.05, 0.1) is 24.4 Å². The average Bonchev–Trinajstić information content (AvgIpc) is 3.67. The third-order valence-corrected chi connectivity index (χ3v) is 10.2. The van der Waals surface area contributed by atoms with Gasteiger partial charge in [-0.25, -0.2) is 14.6 Å². The first-order valence-corrected chi connectivity index (χ1v) is 17.5. The molecule has 2 aromatic rings. The molecule has 5 amide bonds. The summed E-state index contributed by atoms with van der Waals surface area (Å²) >= 11 is 17.3. The third kappa shape index (κ3) is 6.20. The van der Waals surface area contributed by atoms with E-state index in [-0.39, 0.29) is 31.4 Å². The number of guanidine groups is 1. The van der Waals surface area contributed by atoms with Gasteiger partial charge in [0.1, 0.15) is 19.2 Å². The minimum atomic E-state index is -2.77. The standard InChI is InChI=1S/C33H35Cl3N8O7/c1-18-37-26-23(14-43-25(45)16-42(30(43)48)20-10-3-2-4-11-20)38-28(40-29(47)51-17-31(34,35)36)44-15-24(33(49,50)32(26,44)41-18)39-27(46)22-13-7-9-19-8-5-6-12-21(19)22/h2-4,7,9-11,13,23-24,26,37,41,49-50H,1,5-6,8,12,14-17H2,(H,39,46)(H,38,40,47)/t23-,24-,26-,32-/m0/s1. The zero-order valence-electron chi connectivity index (χ0n) is 27.1. The molecular weight excluding hydrogens is 727 g/mol. The summed E-state index contributed by atoms with van der Waals surface area (Å²) in [4.78, 5) is 62.1. The molecule has 15 nitrogen and oxygen atoms in total. The average molecular weight is 762 g/mol. The molecule has 2 aromatic carbocycles. The Morgan fingerprint density at radius 2 is 1.82 bits per heavy atom. The van der Waals surface area contributed by atoms with Crippen LogP contribution in [0.5, 0.6) is 0 Å². The van der Waals surface area contributed by atoms with Crippen LogP contribution in [0, 0.1) is 0 Å². The molecular formula is C33H35Cl3N8O7. The Hall–Kier alpha value is -4.28. The van der Waals surface area contributed by atoms with Crippen LogP contribution in [0.1, 0.15) is 34.3 Å². The molecule has 4 aliphatic heterocycles. The molecule has 0 aromatic heterocycles. The van der Waals surface area contributed by atoms with E-state index >= 15 is 0 Å². The van der Waals surface area contributed by atoms with Gasteiger partial charge in [0.25, 0.3) is 11.8 Å². The predicted molar refractivity (Wildman–Crippen MR) is 187 cm³/mol. The molecule has 4 heterocycles. The largest absolute Gasteiger partial charge is 0.445 e. The molecule has 270 valence electrons. The first kappa shape index (κ1) is 35.1. The van der Waals surface area contributed by atoms with E-state index in [0.717, 1.165) is 35.3 Å². The third-order valence-electron chi connectivity index (χ3n) is 9.91. The number of urea groups is 1. The van der Waals surface area contributed by atoms with Gasteiger partial charge < -0.3 is 35.8 Å². The molecule has 0 unspecified atom stereocenters. The van der Waals surface area contributed by atoms with Crippen molar-refractivity contribution in [2.45, 2.75) is 59.1 Å². The van der Waals surface area contributed by atoms with E-state index < -0.39 is 63.9 Å². The molecule has 0 saturated carbocycles. The van der Waals surface area contributed by atoms with Crippen LogP contribution < -0.4 is 26.2 Å². The number of halogens is 3. The van der Waals surface area contributed by atoms with E-state index in [1.807, 2.05) is 6.07 Å². The van der Waals surface area contributed by atoms with E-state index in [2.05, 4.69) is 27.8 Å². The van der Waals surface area contributed by atoms with E-state index in [0.29, 0.717) is 17.7 Å². The number of fused-ring (bicyclic) bond motifs is 1. The summed E-state index contributed by atoms with van der Waals surface area (Å²) in [5, 5.41) is 35.7. The number of ether oxygens (including phenoxy) is 1. The summed E-state index contributed by atoms with van der Waals surface area (Å²) in [5.74, 6) is -3.87. The number of hydrogen-bond acceptors (Lipinski definition) is 11. The highest BCUT2D eigenvalue weighted by molar-refractivity contribution is 6.67. The number of anilines is 1. The second kappa shape index (κ2) is 13.0. The number of benzene rings is 2. The first-order valence-electron chi connectivity index (χ1n) is 16.3. The fourth-order valence-electron chi connectivity index (χ4n) is 7.65. The number of aliphatic hydroxyl groups is 2. The Morgan fingerprint density at radius 3 is 2.57 bits per heavy atom. The minimum Gasteiger partial charge on any atom is -0.445 e. The van der Waals surface area contributed by atoms with Crippen LogP contribution in [0.3, 0.4) is 0 Å². The Kier molecular flexibility index (Phi) is 8.99. The topological polar surface area (TPSA) is 188 Å². The van der Waals surface area contributed by atoms with Crippen molar-refractivity contribution in [3.63, 3.8) is 0 Å². The summed E-state index contributed by atoms with van der Waals surface area (Å²) < 4.78 is 3.15. The van der Waals surface area contributed by atoms with Crippen LogP contribution in [-0.4, -0.2) is 110 Å². The van der Waals surface area contributed by atoms with Crippen molar-refractivity contribution >= 4 is 70.4 Å². The Balaban J connectivity index is 1.22. The van der Waals surface area contributed by atoms with Crippen molar-refractivity contribution in [2.24, 2.45) is 4.99 Å². The maximum atomic E-state index is 13.8. The predicted octanol–water partition coefficient (Wildman–Crippen LogP) is 1.69. The minimum absolute atomic E-state index is 0.159. The summed E-state index contributed by atoms with van der Waals surface area (Å²) in [6, 6.07) is 9.99. The quantitative estimate of drug-likeness (QED) is 0.144. The number of rotatable bonds is 6. The molecule has 6 N–H and O–H groups in total. The molecule has 3 saturated heterocycles. The van der Waals surface area contributed by atoms with Gasteiger partial charge in [-0.1, -0.05) is 71.7 Å². The van der Waals surface area contributed by atoms with Gasteiger partial charge in [-0.3, -0.25) is 24.7 Å². The van der Waals surface area contributed by atoms with Crippen molar-refractivity contribution < 1.29 is 34.1 Å². The number of imide groups is 1. The number of alkyl halides is 3. The normalized spacial score (nSPS) is 26.5. The summed E-state index contributed by atoms with van der Waals surface area (Å²) in [6.07, 6.45) is 2.40. The zero-order chi connectivity index (χ0) is 36.3. The smallest absolute Gasteiger partial charge is 0.414 e. The highest BCUT2D eigenvalue weighted by Crippen LogP contribution is 2.45. The molecule has 0 bridgehead atoms. The number of nitrogens with one attached hydrogen (secondary N) is 4. The Labute approximate surface area is 307 Å². The molecule has 0 radical (unpaired) electrons. The van der Waals surface area contributed by atoms with Gasteiger partial charge in [-0.2, -0.15) is 0 Å². The Morgan fingerprint density at radius 1 is 1.08 bits per heavy atom. The number of aryl methyl sites for hydroxylation is 1. The highest BCUT2D eigenvalue weighted by Gasteiger charge is 2.74. The van der Waals surface area contributed by atoms with Crippen LogP contribution in [-0.2, 0) is 22.4 Å². The first-order chi connectivity index (χ1) is 24.2. The molecule has 1 spiro atoms. The number of carbonyl (C=O) groups excluding carboxylic acids is 4. The molecule has 51 heavy (non-hydrogen) atoms. The highest BCUT2D eigenvalue weighted by atomic mass is 35.6. The number of nitrogens with zero attached hydrogens (tertiary/aromatic N) is 4. The lowest BCUT2D eigenvalue weighted by Crippen LogP contribution is -2.78. The maximum absolute atomic E-state index is 13.8. The van der Waals surface area contributed by atoms with Crippen molar-refractivity contribution in [1.29, 1.82) is 0 Å². The number of alkyl carbamates (subject to hydrolysis) is 1. The van der Waals surface area contributed by atoms with Crippen LogP contribution >= 0.6 is 34.8 Å². The number of para-hydroxylation sites is 1. The van der Waals surface area contributed by atoms with Crippen molar-refractivity contribution in [3.8, 4) is 0 Å². The maximum Gasteiger partial charge on any atom is 0.414 e. The van der Waals surface area contributed by atoms with E-state index in [4.69, 9.17) is 44.5 Å². The van der Waals surface area contributed by atoms with Crippen molar-refractivity contribution in [3.05, 3.63) is 77.6 Å². The number of hydrogen-bond donors (Lipinski definition) is 6. The molecule has 7 rings (SSSR count). The van der Waals surface area contributed by atoms with Gasteiger partial charge in [-0.15, -0.1) is 0 Å². The summed E-state index contributed by atoms with van der Waals surface area (Å²) in [6.45, 7) is 2.49. The lowest BCUT2D eigenvalue weighted by atomic mass is 9.84. The number of amides is 5. The van der Waals surface area contributed by atoms with E-state index in [1.165, 1.54) is 9.80 Å². The molecule has 4 atom stereocenters. The van der Waals surface area contributed by atoms with Gasteiger partial charge in [-0.05, 0) is 55.0 Å². The fraction of sp³-hybridized carbons (Fsp3) is 0.424. The second-order valence-corrected chi connectivity index (χ2v) is 15.6. The van der Waals surface area contributed by atoms with Crippen molar-refractivity contribution in [2.75, 3.05) is 31.1 Å². The van der Waals surface area contributed by atoms with Gasteiger partial charge in [0.15, 0.2) is 5.66 Å². The van der Waals surface area contributed by atoms with E-state index in [1.54, 1.807) is 42.5 Å². The fourth-order valence-corrected chi connectivity index (χ4v) is 7.82. The van der Waals surface area contributed by atoms with E-state index in [9.17, 15) is 29.4 Å². The molecule has 1 aliphatic carbocycles. The van der Waals surface area contributed by atoms with Gasteiger partial charge >= 0.3 is 12.1 Å². The monoisotopic (exact) mass is 760 g/mol. The van der Waals surface area contributed by atoms with Crippen LogP contribution in [0.15, 0.2) is 65.9 Å². The Bertz CT molecular complexity index is 1820. The summed E-state index contributed by atoms with van der Waals surface area (Å²) in [5.41, 5.74) is 0.972. The van der Waals surface area contributed by atoms with Gasteiger partial charge in [0.2, 0.25) is 15.5 Å². The van der Waals surface area contributed by atoms with Gasteiger partial charge in [0, 0.05) is 17.8 Å². The second-order valence-electron chi connectivity index (χ2n) is 13.1. The van der Waals surface area contributed by atoms with Crippen LogP contribution in [0.2, 0.25) is 0 Å². The zero-order valence-corrected chi connectivity index (χ0v) is 29.3. The summed E-state index contributed by atoms with van der Waals surface area (Å²) in [7, 11) is 0. The molecule has 3 fully saturated rings. The number of carbonyl (C=O) groups is 4. The molecule has 18 heteroatoms. The lowest BCUT2D eigenvalue weighted by Gasteiger charge is -2.49. The lowest BCUT2D eigenvalue weighted by molar-refractivity contribution is -0.231. The van der Waals surface area contributed by atoms with Crippen LogP contribution in [0.4, 0.5) is 15.3 Å². The SMILES string of the molecule is C=C1N[C@H]2[C@H](CN3C(=O)CN(c4ccccc4)C3=O)N=C(NC(=O)OCC(Cl)(Cl)Cl)N3C[C@H](NC(=O)c4cccc5c4CCCC5)C(O)(O)[C@]23N1. The molecule has 5 aliphatic rings. The van der Waals surface area contributed by atoms with Crippen molar-refractivity contribution in [1.82, 2.24) is 31.1 Å². The van der Waals surface area contributed by atoms with Crippen LogP contribution in [0.25, 0.3) is 0 Å². The number of aliphatic imine (C=N–C) groups is 1.